The molecule has 0 N–H and O–H groups in total. The highest BCUT2D eigenvalue weighted by molar-refractivity contribution is 6.18. The summed E-state index contributed by atoms with van der Waals surface area (Å²) in [7, 11) is 2.13. The van der Waals surface area contributed by atoms with Gasteiger partial charge in [0.25, 0.3) is 0 Å². The van der Waals surface area contributed by atoms with Crippen molar-refractivity contribution in [2.75, 3.05) is 0 Å². The lowest BCUT2D eigenvalue weighted by molar-refractivity contribution is 1.00. The number of pyridine rings is 2. The van der Waals surface area contributed by atoms with Gasteiger partial charge < -0.3 is 4.57 Å². The Hall–Kier alpha value is -3.40. The number of rotatable bonds is 0. The minimum Gasteiger partial charge on any atom is -0.344 e. The molecule has 0 bridgehead atoms. The molecule has 0 saturated carbocycles. The van der Waals surface area contributed by atoms with Crippen LogP contribution in [0.5, 0.6) is 0 Å². The van der Waals surface area contributed by atoms with Gasteiger partial charge in [0.05, 0.1) is 22.7 Å². The van der Waals surface area contributed by atoms with Gasteiger partial charge in [0.15, 0.2) is 0 Å². The Bertz CT molecular complexity index is 1450. The minimum atomic E-state index is 0.991. The van der Waals surface area contributed by atoms with Crippen molar-refractivity contribution in [1.29, 1.82) is 0 Å². The van der Waals surface area contributed by atoms with E-state index in [0.717, 1.165) is 21.9 Å². The van der Waals surface area contributed by atoms with Crippen LogP contribution < -0.4 is 0 Å². The van der Waals surface area contributed by atoms with Crippen LogP contribution in [-0.4, -0.2) is 19.2 Å². The first kappa shape index (κ1) is 13.0. The second kappa shape index (κ2) is 4.36. The molecular weight excluding hydrogens is 308 g/mol. The number of aromatic nitrogens is 4. The highest BCUT2D eigenvalue weighted by Crippen LogP contribution is 2.35. The molecule has 4 nitrogen and oxygen atoms in total. The van der Waals surface area contributed by atoms with Crippen molar-refractivity contribution in [3.63, 3.8) is 0 Å². The van der Waals surface area contributed by atoms with E-state index in [0.29, 0.717) is 0 Å². The second-order valence-electron chi connectivity index (χ2n) is 6.49. The van der Waals surface area contributed by atoms with Crippen LogP contribution in [0, 0.1) is 0 Å². The summed E-state index contributed by atoms with van der Waals surface area (Å²) >= 11 is 0. The van der Waals surface area contributed by atoms with Crippen LogP contribution in [-0.2, 0) is 7.05 Å². The van der Waals surface area contributed by atoms with E-state index < -0.39 is 0 Å². The third kappa shape index (κ3) is 1.51. The van der Waals surface area contributed by atoms with Gasteiger partial charge in [-0.05, 0) is 30.3 Å². The number of benzene rings is 2. The summed E-state index contributed by atoms with van der Waals surface area (Å²) in [5, 5.41) is 9.43. The van der Waals surface area contributed by atoms with Gasteiger partial charge in [-0.1, -0.05) is 24.3 Å². The fraction of sp³-hybridized carbons (Fsp3) is 0.0476. The Morgan fingerprint density at radius 3 is 2.44 bits per heavy atom. The number of aryl methyl sites for hydroxylation is 1. The molecule has 118 valence electrons. The zero-order valence-electron chi connectivity index (χ0n) is 13.6. The summed E-state index contributed by atoms with van der Waals surface area (Å²) in [6.45, 7) is 0. The Labute approximate surface area is 142 Å². The first-order valence-corrected chi connectivity index (χ1v) is 8.34. The van der Waals surface area contributed by atoms with Crippen molar-refractivity contribution < 1.29 is 0 Å². The molecule has 0 unspecified atom stereocenters. The molecule has 6 rings (SSSR count). The van der Waals surface area contributed by atoms with Crippen molar-refractivity contribution in [2.45, 2.75) is 0 Å². The van der Waals surface area contributed by atoms with E-state index in [1.807, 2.05) is 29.0 Å². The molecule has 0 spiro atoms. The number of hydrogen-bond acceptors (Lipinski definition) is 2. The fourth-order valence-electron chi connectivity index (χ4n) is 4.09. The van der Waals surface area contributed by atoms with Crippen LogP contribution >= 0.6 is 0 Å². The van der Waals surface area contributed by atoms with E-state index in [4.69, 9.17) is 0 Å². The molecule has 2 aromatic carbocycles. The van der Waals surface area contributed by atoms with E-state index >= 15 is 0 Å². The van der Waals surface area contributed by atoms with Crippen LogP contribution in [0.4, 0.5) is 0 Å². The third-order valence-corrected chi connectivity index (χ3v) is 5.24. The molecule has 0 aliphatic carbocycles. The summed E-state index contributed by atoms with van der Waals surface area (Å²) in [4.78, 5) is 4.61. The number of fused-ring (bicyclic) bond motifs is 9. The molecule has 0 radical (unpaired) electrons. The van der Waals surface area contributed by atoms with E-state index in [1.54, 1.807) is 0 Å². The lowest BCUT2D eigenvalue weighted by atomic mass is 10.1. The molecule has 0 aliphatic heterocycles. The lowest BCUT2D eigenvalue weighted by Crippen LogP contribution is -1.94. The summed E-state index contributed by atoms with van der Waals surface area (Å²) < 4.78 is 4.27. The van der Waals surface area contributed by atoms with Gasteiger partial charge in [-0.25, -0.2) is 4.52 Å². The maximum atomic E-state index is 4.61. The normalized spacial score (nSPS) is 12.2. The Morgan fingerprint density at radius 1 is 0.680 bits per heavy atom. The third-order valence-electron chi connectivity index (χ3n) is 5.24. The summed E-state index contributed by atoms with van der Waals surface area (Å²) in [6, 6.07) is 19.3. The summed E-state index contributed by atoms with van der Waals surface area (Å²) in [5.41, 5.74) is 5.62. The van der Waals surface area contributed by atoms with Gasteiger partial charge in [-0.2, -0.15) is 5.10 Å². The van der Waals surface area contributed by atoms with Crippen LogP contribution in [0.1, 0.15) is 0 Å². The molecule has 25 heavy (non-hydrogen) atoms. The van der Waals surface area contributed by atoms with Crippen molar-refractivity contribution >= 4 is 49.1 Å². The predicted octanol–water partition coefficient (Wildman–Crippen LogP) is 4.68. The maximum absolute atomic E-state index is 4.61. The van der Waals surface area contributed by atoms with Crippen molar-refractivity contribution in [2.24, 2.45) is 7.05 Å². The van der Waals surface area contributed by atoms with Gasteiger partial charge in [0, 0.05) is 45.8 Å². The molecule has 0 atom stereocenters. The quantitative estimate of drug-likeness (QED) is 0.381. The number of para-hydroxylation sites is 1. The molecule has 4 heterocycles. The predicted molar refractivity (Wildman–Crippen MR) is 102 cm³/mol. The maximum Gasteiger partial charge on any atom is 0.0966 e. The van der Waals surface area contributed by atoms with E-state index in [1.165, 1.54) is 27.2 Å². The van der Waals surface area contributed by atoms with E-state index in [-0.39, 0.29) is 0 Å². The zero-order chi connectivity index (χ0) is 16.5. The Kier molecular flexibility index (Phi) is 2.26. The smallest absolute Gasteiger partial charge is 0.0966 e. The van der Waals surface area contributed by atoms with Crippen LogP contribution in [0.3, 0.4) is 0 Å². The summed E-state index contributed by atoms with van der Waals surface area (Å²) in [6.07, 6.45) is 3.69. The van der Waals surface area contributed by atoms with Crippen LogP contribution in [0.15, 0.2) is 67.0 Å². The van der Waals surface area contributed by atoms with Gasteiger partial charge in [-0.3, -0.25) is 4.98 Å². The number of nitrogens with zero attached hydrogens (tertiary/aromatic N) is 4. The van der Waals surface area contributed by atoms with Gasteiger partial charge in [0.1, 0.15) is 0 Å². The van der Waals surface area contributed by atoms with Gasteiger partial charge >= 0.3 is 0 Å². The monoisotopic (exact) mass is 322 g/mol. The first-order valence-electron chi connectivity index (χ1n) is 8.34. The van der Waals surface area contributed by atoms with Crippen molar-refractivity contribution in [1.82, 2.24) is 19.2 Å². The van der Waals surface area contributed by atoms with Gasteiger partial charge in [0.2, 0.25) is 0 Å². The Morgan fingerprint density at radius 2 is 1.48 bits per heavy atom. The van der Waals surface area contributed by atoms with E-state index in [9.17, 15) is 0 Å². The van der Waals surface area contributed by atoms with Gasteiger partial charge in [-0.15, -0.1) is 0 Å². The largest absolute Gasteiger partial charge is 0.344 e. The van der Waals surface area contributed by atoms with Crippen LogP contribution in [0.25, 0.3) is 49.1 Å². The standard InChI is InChI=1S/C21H14N4/c1-24-17-7-3-2-5-13(17)15-12-20-16(11-19(15)24)14-6-4-9-22-21(14)18-8-10-23-25(18)20/h2-12H,1H3. The van der Waals surface area contributed by atoms with Crippen LogP contribution in [0.2, 0.25) is 0 Å². The molecule has 4 aromatic heterocycles. The Balaban J connectivity index is 1.98. The topological polar surface area (TPSA) is 35.1 Å². The van der Waals surface area contributed by atoms with E-state index in [2.05, 4.69) is 64.2 Å². The highest BCUT2D eigenvalue weighted by atomic mass is 15.2. The molecule has 0 fully saturated rings. The molecule has 4 heteroatoms. The average molecular weight is 322 g/mol. The molecule has 0 aliphatic rings. The number of hydrogen-bond donors (Lipinski definition) is 0. The molecule has 0 saturated heterocycles. The molecular formula is C21H14N4. The minimum absolute atomic E-state index is 0.991. The fourth-order valence-corrected chi connectivity index (χ4v) is 4.09. The zero-order valence-corrected chi connectivity index (χ0v) is 13.6. The average Bonchev–Trinajstić information content (AvgIpc) is 3.26. The summed E-state index contributed by atoms with van der Waals surface area (Å²) in [5.74, 6) is 0. The SMILES string of the molecule is Cn1c2ccccc2c2cc3c(cc21)c1cccnc1c1ccnn31. The first-order chi connectivity index (χ1) is 12.3. The van der Waals surface area contributed by atoms with Crippen molar-refractivity contribution in [3.8, 4) is 0 Å². The highest BCUT2D eigenvalue weighted by Gasteiger charge is 2.14. The second-order valence-corrected chi connectivity index (χ2v) is 6.49. The lowest BCUT2D eigenvalue weighted by Gasteiger charge is -2.08. The molecule has 0 amide bonds. The molecule has 6 aromatic rings. The van der Waals surface area contributed by atoms with Crippen molar-refractivity contribution in [3.05, 3.63) is 67.0 Å².